The summed E-state index contributed by atoms with van der Waals surface area (Å²) in [5.41, 5.74) is 0. The first kappa shape index (κ1) is 12.0. The van der Waals surface area contributed by atoms with E-state index in [4.69, 9.17) is 5.11 Å². The van der Waals surface area contributed by atoms with Gasteiger partial charge >= 0.3 is 5.97 Å². The number of carbonyl (C=O) groups is 2. The van der Waals surface area contributed by atoms with Crippen LogP contribution in [0.1, 0.15) is 33.1 Å². The lowest BCUT2D eigenvalue weighted by Gasteiger charge is -2.26. The molecule has 4 heteroatoms. The van der Waals surface area contributed by atoms with Crippen molar-refractivity contribution in [3.8, 4) is 0 Å². The number of rotatable bonds is 3. The van der Waals surface area contributed by atoms with Gasteiger partial charge in [-0.1, -0.05) is 6.42 Å². The zero-order valence-corrected chi connectivity index (χ0v) is 9.56. The SMILES string of the molecule is CC(C)N(C)C(=O)[C@@H]1CCC[C@@H]1C(=O)O. The highest BCUT2D eigenvalue weighted by Gasteiger charge is 2.39. The Kier molecular flexibility index (Phi) is 3.72. The zero-order valence-electron chi connectivity index (χ0n) is 9.56. The van der Waals surface area contributed by atoms with Crippen LogP contribution in [0.3, 0.4) is 0 Å². The molecule has 0 aromatic heterocycles. The van der Waals surface area contributed by atoms with Crippen LogP contribution in [0, 0.1) is 11.8 Å². The van der Waals surface area contributed by atoms with Gasteiger partial charge in [0.05, 0.1) is 11.8 Å². The molecule has 1 saturated carbocycles. The van der Waals surface area contributed by atoms with Crippen LogP contribution in [-0.2, 0) is 9.59 Å². The van der Waals surface area contributed by atoms with Crippen molar-refractivity contribution in [2.75, 3.05) is 7.05 Å². The molecule has 2 atom stereocenters. The van der Waals surface area contributed by atoms with Crippen LogP contribution in [0.5, 0.6) is 0 Å². The summed E-state index contributed by atoms with van der Waals surface area (Å²) in [5, 5.41) is 8.98. The van der Waals surface area contributed by atoms with E-state index in [1.54, 1.807) is 11.9 Å². The molecule has 4 nitrogen and oxygen atoms in total. The second-order valence-electron chi connectivity index (χ2n) is 4.53. The van der Waals surface area contributed by atoms with E-state index in [1.165, 1.54) is 0 Å². The monoisotopic (exact) mass is 213 g/mol. The number of carboxylic acid groups (broad SMARTS) is 1. The number of hydrogen-bond acceptors (Lipinski definition) is 2. The molecule has 0 spiro atoms. The maximum atomic E-state index is 12.0. The molecular weight excluding hydrogens is 194 g/mol. The molecule has 1 N–H and O–H groups in total. The molecular formula is C11H19NO3. The van der Waals surface area contributed by atoms with Crippen LogP contribution in [0.15, 0.2) is 0 Å². The van der Waals surface area contributed by atoms with E-state index in [2.05, 4.69) is 0 Å². The number of amides is 1. The molecule has 15 heavy (non-hydrogen) atoms. The van der Waals surface area contributed by atoms with E-state index in [1.807, 2.05) is 13.8 Å². The minimum atomic E-state index is -0.831. The molecule has 1 aliphatic rings. The van der Waals surface area contributed by atoms with Gasteiger partial charge < -0.3 is 10.0 Å². The summed E-state index contributed by atoms with van der Waals surface area (Å²) in [4.78, 5) is 24.5. The Morgan fingerprint density at radius 1 is 1.27 bits per heavy atom. The number of aliphatic carboxylic acids is 1. The standard InChI is InChI=1S/C11H19NO3/c1-7(2)12(3)10(13)8-5-4-6-9(8)11(14)15/h7-9H,4-6H2,1-3H3,(H,14,15)/t8-,9+/m1/s1. The van der Waals surface area contributed by atoms with Crippen molar-refractivity contribution in [2.45, 2.75) is 39.2 Å². The summed E-state index contributed by atoms with van der Waals surface area (Å²) in [6.07, 6.45) is 2.20. The minimum Gasteiger partial charge on any atom is -0.481 e. The average molecular weight is 213 g/mol. The summed E-state index contributed by atoms with van der Waals surface area (Å²) in [5.74, 6) is -1.63. The van der Waals surface area contributed by atoms with E-state index in [0.717, 1.165) is 6.42 Å². The predicted molar refractivity (Wildman–Crippen MR) is 56.4 cm³/mol. The molecule has 0 aliphatic heterocycles. The fourth-order valence-corrected chi connectivity index (χ4v) is 2.07. The Morgan fingerprint density at radius 2 is 1.80 bits per heavy atom. The van der Waals surface area contributed by atoms with Crippen LogP contribution < -0.4 is 0 Å². The third-order valence-electron chi connectivity index (χ3n) is 3.27. The van der Waals surface area contributed by atoms with Crippen molar-refractivity contribution >= 4 is 11.9 Å². The fraction of sp³-hybridized carbons (Fsp3) is 0.818. The first-order valence-corrected chi connectivity index (χ1v) is 5.44. The summed E-state index contributed by atoms with van der Waals surface area (Å²) >= 11 is 0. The molecule has 0 radical (unpaired) electrons. The summed E-state index contributed by atoms with van der Waals surface area (Å²) in [6.45, 7) is 3.87. The Hall–Kier alpha value is -1.06. The summed E-state index contributed by atoms with van der Waals surface area (Å²) in [7, 11) is 1.74. The number of hydrogen-bond donors (Lipinski definition) is 1. The van der Waals surface area contributed by atoms with Gasteiger partial charge in [0.2, 0.25) is 5.91 Å². The van der Waals surface area contributed by atoms with Crippen molar-refractivity contribution in [2.24, 2.45) is 11.8 Å². The van der Waals surface area contributed by atoms with Crippen molar-refractivity contribution in [3.63, 3.8) is 0 Å². The smallest absolute Gasteiger partial charge is 0.307 e. The first-order chi connectivity index (χ1) is 6.95. The molecule has 0 saturated heterocycles. The highest BCUT2D eigenvalue weighted by atomic mass is 16.4. The molecule has 1 aliphatic carbocycles. The molecule has 0 unspecified atom stereocenters. The van der Waals surface area contributed by atoms with Gasteiger partial charge in [-0.2, -0.15) is 0 Å². The third-order valence-corrected chi connectivity index (χ3v) is 3.27. The number of carbonyl (C=O) groups excluding carboxylic acids is 1. The number of nitrogens with zero attached hydrogens (tertiary/aromatic N) is 1. The van der Waals surface area contributed by atoms with Crippen molar-refractivity contribution < 1.29 is 14.7 Å². The molecule has 0 aromatic carbocycles. The Balaban J connectivity index is 2.70. The quantitative estimate of drug-likeness (QED) is 0.770. The second kappa shape index (κ2) is 4.64. The first-order valence-electron chi connectivity index (χ1n) is 5.44. The topological polar surface area (TPSA) is 57.6 Å². The third kappa shape index (κ3) is 2.49. The molecule has 1 fully saturated rings. The van der Waals surface area contributed by atoms with Gasteiger partial charge in [-0.3, -0.25) is 9.59 Å². The van der Waals surface area contributed by atoms with Crippen LogP contribution in [0.2, 0.25) is 0 Å². The predicted octanol–water partition coefficient (Wildman–Crippen LogP) is 1.35. The molecule has 0 aromatic rings. The van der Waals surface area contributed by atoms with E-state index < -0.39 is 11.9 Å². The van der Waals surface area contributed by atoms with E-state index >= 15 is 0 Å². The molecule has 1 amide bonds. The van der Waals surface area contributed by atoms with Gasteiger partial charge in [0.1, 0.15) is 0 Å². The van der Waals surface area contributed by atoms with Gasteiger partial charge in [0, 0.05) is 13.1 Å². The fourth-order valence-electron chi connectivity index (χ4n) is 2.07. The lowest BCUT2D eigenvalue weighted by molar-refractivity contribution is -0.149. The zero-order chi connectivity index (χ0) is 11.6. The van der Waals surface area contributed by atoms with Crippen molar-refractivity contribution in [1.29, 1.82) is 0 Å². The van der Waals surface area contributed by atoms with Gasteiger partial charge in [0.15, 0.2) is 0 Å². The summed E-state index contributed by atoms with van der Waals surface area (Å²) in [6, 6.07) is 0.132. The minimum absolute atomic E-state index is 0.0186. The van der Waals surface area contributed by atoms with Crippen LogP contribution in [0.4, 0.5) is 0 Å². The van der Waals surface area contributed by atoms with Crippen LogP contribution in [-0.4, -0.2) is 35.0 Å². The Bertz CT molecular complexity index is 263. The highest BCUT2D eigenvalue weighted by Crippen LogP contribution is 2.33. The number of carboxylic acids is 1. The van der Waals surface area contributed by atoms with Gasteiger partial charge in [-0.15, -0.1) is 0 Å². The van der Waals surface area contributed by atoms with E-state index in [-0.39, 0.29) is 17.9 Å². The lowest BCUT2D eigenvalue weighted by atomic mass is 9.94. The Labute approximate surface area is 90.3 Å². The normalized spacial score (nSPS) is 25.6. The summed E-state index contributed by atoms with van der Waals surface area (Å²) < 4.78 is 0. The highest BCUT2D eigenvalue weighted by molar-refractivity contribution is 5.85. The Morgan fingerprint density at radius 3 is 2.27 bits per heavy atom. The van der Waals surface area contributed by atoms with Gasteiger partial charge in [0.25, 0.3) is 0 Å². The molecule has 0 bridgehead atoms. The average Bonchev–Trinajstić information content (AvgIpc) is 2.63. The molecule has 0 heterocycles. The van der Waals surface area contributed by atoms with Crippen LogP contribution in [0.25, 0.3) is 0 Å². The maximum Gasteiger partial charge on any atom is 0.307 e. The second-order valence-corrected chi connectivity index (χ2v) is 4.53. The van der Waals surface area contributed by atoms with E-state index in [0.29, 0.717) is 12.8 Å². The van der Waals surface area contributed by atoms with Crippen molar-refractivity contribution in [3.05, 3.63) is 0 Å². The molecule has 86 valence electrons. The van der Waals surface area contributed by atoms with E-state index in [9.17, 15) is 9.59 Å². The van der Waals surface area contributed by atoms with Gasteiger partial charge in [-0.25, -0.2) is 0 Å². The largest absolute Gasteiger partial charge is 0.481 e. The maximum absolute atomic E-state index is 12.0. The van der Waals surface area contributed by atoms with Crippen LogP contribution >= 0.6 is 0 Å². The lowest BCUT2D eigenvalue weighted by Crippen LogP contribution is -2.40. The van der Waals surface area contributed by atoms with Crippen molar-refractivity contribution in [1.82, 2.24) is 4.90 Å². The molecule has 1 rings (SSSR count). The van der Waals surface area contributed by atoms with Gasteiger partial charge in [-0.05, 0) is 26.7 Å².